The molecule has 3 atom stereocenters. The Hall–Kier alpha value is -1.52. The number of aryl methyl sites for hydroxylation is 1. The number of nitrogens with one attached hydrogen (secondary N) is 1. The first-order valence-corrected chi connectivity index (χ1v) is 7.47. The average Bonchev–Trinajstić information content (AvgIpc) is 2.61. The summed E-state index contributed by atoms with van der Waals surface area (Å²) < 4.78 is 1.69. The fourth-order valence-corrected chi connectivity index (χ4v) is 3.13. The van der Waals surface area contributed by atoms with E-state index in [4.69, 9.17) is 5.73 Å². The zero-order chi connectivity index (χ0) is 14.9. The van der Waals surface area contributed by atoms with Crippen molar-refractivity contribution in [2.24, 2.45) is 11.8 Å². The average molecular weight is 278 g/mol. The molecular formula is C15H26N4O. The van der Waals surface area contributed by atoms with Gasteiger partial charge in [-0.25, -0.2) is 0 Å². The summed E-state index contributed by atoms with van der Waals surface area (Å²) in [6.45, 7) is 8.52. The molecule has 3 N–H and O–H groups in total. The summed E-state index contributed by atoms with van der Waals surface area (Å²) >= 11 is 0. The zero-order valence-electron chi connectivity index (χ0n) is 12.9. The molecule has 1 aromatic heterocycles. The predicted octanol–water partition coefficient (Wildman–Crippen LogP) is 2.02. The number of carbonyl (C=O) groups is 1. The number of amides is 1. The van der Waals surface area contributed by atoms with Crippen LogP contribution in [0.2, 0.25) is 0 Å². The van der Waals surface area contributed by atoms with Gasteiger partial charge in [-0.3, -0.25) is 9.48 Å². The van der Waals surface area contributed by atoms with Crippen molar-refractivity contribution in [3.63, 3.8) is 0 Å². The lowest BCUT2D eigenvalue weighted by Gasteiger charge is -2.33. The topological polar surface area (TPSA) is 72.9 Å². The molecule has 20 heavy (non-hydrogen) atoms. The van der Waals surface area contributed by atoms with Crippen LogP contribution in [0.15, 0.2) is 0 Å². The molecule has 1 heterocycles. The van der Waals surface area contributed by atoms with E-state index in [1.807, 2.05) is 13.8 Å². The molecule has 0 aliphatic heterocycles. The number of hydrogen-bond acceptors (Lipinski definition) is 3. The second-order valence-electron chi connectivity index (χ2n) is 6.31. The first kappa shape index (κ1) is 14.9. The van der Waals surface area contributed by atoms with Gasteiger partial charge < -0.3 is 11.1 Å². The number of anilines is 1. The Morgan fingerprint density at radius 3 is 2.65 bits per heavy atom. The molecule has 1 fully saturated rings. The van der Waals surface area contributed by atoms with Crippen LogP contribution >= 0.6 is 0 Å². The quantitative estimate of drug-likeness (QED) is 0.888. The molecule has 1 saturated carbocycles. The Bertz CT molecular complexity index is 494. The Morgan fingerprint density at radius 2 is 2.10 bits per heavy atom. The maximum atomic E-state index is 12.2. The number of nitrogens with two attached hydrogens (primary N) is 1. The van der Waals surface area contributed by atoms with Crippen LogP contribution < -0.4 is 11.1 Å². The van der Waals surface area contributed by atoms with E-state index in [0.717, 1.165) is 23.7 Å². The third kappa shape index (κ3) is 3.14. The number of carbonyl (C=O) groups excluding carboxylic acids is 1. The van der Waals surface area contributed by atoms with Crippen molar-refractivity contribution in [3.05, 3.63) is 11.4 Å². The number of nitrogen functional groups attached to an aromatic ring is 1. The highest BCUT2D eigenvalue weighted by Crippen LogP contribution is 2.28. The van der Waals surface area contributed by atoms with Gasteiger partial charge in [0.1, 0.15) is 6.54 Å². The molecule has 1 aromatic rings. The molecule has 5 heteroatoms. The number of nitrogens with zero attached hydrogens (tertiary/aromatic N) is 2. The van der Waals surface area contributed by atoms with Crippen molar-refractivity contribution >= 4 is 11.6 Å². The molecular weight excluding hydrogens is 252 g/mol. The van der Waals surface area contributed by atoms with Crippen LogP contribution in [0, 0.1) is 25.7 Å². The Balaban J connectivity index is 1.94. The molecule has 1 aliphatic carbocycles. The molecule has 0 saturated heterocycles. The van der Waals surface area contributed by atoms with Gasteiger partial charge in [0.25, 0.3) is 0 Å². The molecule has 112 valence electrons. The van der Waals surface area contributed by atoms with E-state index in [1.54, 1.807) is 4.68 Å². The van der Waals surface area contributed by atoms with Gasteiger partial charge in [-0.1, -0.05) is 13.8 Å². The van der Waals surface area contributed by atoms with Gasteiger partial charge in [0, 0.05) is 6.04 Å². The van der Waals surface area contributed by atoms with Crippen LogP contribution in [0.4, 0.5) is 5.69 Å². The SMILES string of the molecule is Cc1nn(CC(=O)NC2CCC(C)CC2C)c(C)c1N. The lowest BCUT2D eigenvalue weighted by atomic mass is 9.80. The predicted molar refractivity (Wildman–Crippen MR) is 80.2 cm³/mol. The van der Waals surface area contributed by atoms with E-state index in [0.29, 0.717) is 17.6 Å². The number of hydrogen-bond donors (Lipinski definition) is 2. The molecule has 2 rings (SSSR count). The smallest absolute Gasteiger partial charge is 0.241 e. The summed E-state index contributed by atoms with van der Waals surface area (Å²) in [5, 5.41) is 7.46. The first-order chi connectivity index (χ1) is 9.38. The van der Waals surface area contributed by atoms with E-state index in [9.17, 15) is 4.79 Å². The van der Waals surface area contributed by atoms with Crippen molar-refractivity contribution < 1.29 is 4.79 Å². The van der Waals surface area contributed by atoms with Crippen molar-refractivity contribution in [1.29, 1.82) is 0 Å². The molecule has 1 aliphatic rings. The number of aromatic nitrogens is 2. The summed E-state index contributed by atoms with van der Waals surface area (Å²) in [5.74, 6) is 1.35. The van der Waals surface area contributed by atoms with E-state index < -0.39 is 0 Å². The highest BCUT2D eigenvalue weighted by atomic mass is 16.2. The van der Waals surface area contributed by atoms with Crippen molar-refractivity contribution in [2.45, 2.75) is 59.5 Å². The van der Waals surface area contributed by atoms with Gasteiger partial charge in [0.15, 0.2) is 0 Å². The van der Waals surface area contributed by atoms with E-state index >= 15 is 0 Å². The summed E-state index contributed by atoms with van der Waals surface area (Å²) in [6.07, 6.45) is 3.47. The van der Waals surface area contributed by atoms with Crippen molar-refractivity contribution in [1.82, 2.24) is 15.1 Å². The molecule has 0 aromatic carbocycles. The highest BCUT2D eigenvalue weighted by molar-refractivity contribution is 5.76. The maximum Gasteiger partial charge on any atom is 0.241 e. The van der Waals surface area contributed by atoms with Crippen LogP contribution in [-0.4, -0.2) is 21.7 Å². The second kappa shape index (κ2) is 5.85. The van der Waals surface area contributed by atoms with Gasteiger partial charge in [0.05, 0.1) is 17.1 Å². The summed E-state index contributed by atoms with van der Waals surface area (Å²) in [5.41, 5.74) is 8.21. The number of rotatable bonds is 3. The van der Waals surface area contributed by atoms with Gasteiger partial charge >= 0.3 is 0 Å². The summed E-state index contributed by atoms with van der Waals surface area (Å²) in [7, 11) is 0. The van der Waals surface area contributed by atoms with Crippen LogP contribution in [-0.2, 0) is 11.3 Å². The van der Waals surface area contributed by atoms with Gasteiger partial charge in [-0.15, -0.1) is 0 Å². The van der Waals surface area contributed by atoms with Crippen LogP contribution in [0.1, 0.15) is 44.5 Å². The largest absolute Gasteiger partial charge is 0.396 e. The molecule has 5 nitrogen and oxygen atoms in total. The molecule has 0 bridgehead atoms. The van der Waals surface area contributed by atoms with Crippen molar-refractivity contribution in [2.75, 3.05) is 5.73 Å². The summed E-state index contributed by atoms with van der Waals surface area (Å²) in [6, 6.07) is 0.299. The van der Waals surface area contributed by atoms with Gasteiger partial charge in [-0.2, -0.15) is 5.10 Å². The normalized spacial score (nSPS) is 26.5. The standard InChI is InChI=1S/C15H26N4O/c1-9-5-6-13(10(2)7-9)17-14(20)8-19-12(4)15(16)11(3)18-19/h9-10,13H,5-8,16H2,1-4H3,(H,17,20). The highest BCUT2D eigenvalue weighted by Gasteiger charge is 2.26. The minimum absolute atomic E-state index is 0.0296. The lowest BCUT2D eigenvalue weighted by molar-refractivity contribution is -0.123. The fraction of sp³-hybridized carbons (Fsp3) is 0.733. The molecule has 3 unspecified atom stereocenters. The summed E-state index contributed by atoms with van der Waals surface area (Å²) in [4.78, 5) is 12.2. The van der Waals surface area contributed by atoms with Gasteiger partial charge in [-0.05, 0) is 44.9 Å². The Kier molecular flexibility index (Phi) is 4.35. The minimum atomic E-state index is 0.0296. The van der Waals surface area contributed by atoms with Crippen molar-refractivity contribution in [3.8, 4) is 0 Å². The zero-order valence-corrected chi connectivity index (χ0v) is 12.9. The molecule has 0 spiro atoms. The Labute approximate surface area is 120 Å². The molecule has 0 radical (unpaired) electrons. The second-order valence-corrected chi connectivity index (χ2v) is 6.31. The first-order valence-electron chi connectivity index (χ1n) is 7.47. The Morgan fingerprint density at radius 1 is 1.40 bits per heavy atom. The van der Waals surface area contributed by atoms with Gasteiger partial charge in [0.2, 0.25) is 5.91 Å². The van der Waals surface area contributed by atoms with E-state index in [1.165, 1.54) is 12.8 Å². The minimum Gasteiger partial charge on any atom is -0.396 e. The van der Waals surface area contributed by atoms with Crippen LogP contribution in [0.25, 0.3) is 0 Å². The maximum absolute atomic E-state index is 12.2. The monoisotopic (exact) mass is 278 g/mol. The third-order valence-corrected chi connectivity index (χ3v) is 4.51. The van der Waals surface area contributed by atoms with Crippen LogP contribution in [0.5, 0.6) is 0 Å². The van der Waals surface area contributed by atoms with Crippen LogP contribution in [0.3, 0.4) is 0 Å². The fourth-order valence-electron chi connectivity index (χ4n) is 3.13. The van der Waals surface area contributed by atoms with E-state index in [2.05, 4.69) is 24.3 Å². The van der Waals surface area contributed by atoms with E-state index in [-0.39, 0.29) is 12.5 Å². The third-order valence-electron chi connectivity index (χ3n) is 4.51. The molecule has 1 amide bonds. The lowest BCUT2D eigenvalue weighted by Crippen LogP contribution is -2.43.